The van der Waals surface area contributed by atoms with E-state index in [1.54, 1.807) is 20.3 Å². The minimum Gasteiger partial charge on any atom is -0.481 e. The Balaban J connectivity index is 2.12. The Morgan fingerprint density at radius 2 is 1.84 bits per heavy atom. The van der Waals surface area contributed by atoms with Crippen molar-refractivity contribution in [3.05, 3.63) is 6.07 Å². The van der Waals surface area contributed by atoms with E-state index in [-0.39, 0.29) is 18.6 Å². The predicted molar refractivity (Wildman–Crippen MR) is 71.6 cm³/mol. The molecule has 2 rings (SSSR count). The molecule has 2 atom stereocenters. The highest BCUT2D eigenvalue weighted by atomic mass is 16.5. The van der Waals surface area contributed by atoms with E-state index in [0.717, 1.165) is 19.3 Å². The third-order valence-electron chi connectivity index (χ3n) is 3.56. The van der Waals surface area contributed by atoms with Crippen molar-refractivity contribution in [2.24, 2.45) is 5.92 Å². The molecular formula is C13H21N3O3. The molecule has 6 nitrogen and oxygen atoms in total. The number of hydrogen-bond donors (Lipinski definition) is 2. The standard InChI is InChI=1S/C13H21N3O3/c1-18-11-7-12(19-2)16-13(15-11)14-10-6-4-3-5-9(10)8-17/h7,9-10,17H,3-6,8H2,1-2H3,(H,14,15,16). The molecule has 2 N–H and O–H groups in total. The van der Waals surface area contributed by atoms with Crippen LogP contribution in [0.15, 0.2) is 6.07 Å². The van der Waals surface area contributed by atoms with Gasteiger partial charge in [-0.2, -0.15) is 9.97 Å². The molecule has 0 radical (unpaired) electrons. The fourth-order valence-corrected chi connectivity index (χ4v) is 2.46. The second kappa shape index (κ2) is 6.56. The number of aliphatic hydroxyl groups excluding tert-OH is 1. The highest BCUT2D eigenvalue weighted by Gasteiger charge is 2.25. The number of anilines is 1. The second-order valence-corrected chi connectivity index (χ2v) is 4.75. The van der Waals surface area contributed by atoms with Crippen LogP contribution in [0.5, 0.6) is 11.8 Å². The van der Waals surface area contributed by atoms with Gasteiger partial charge in [0.15, 0.2) is 0 Å². The van der Waals surface area contributed by atoms with Gasteiger partial charge in [-0.15, -0.1) is 0 Å². The SMILES string of the molecule is COc1cc(OC)nc(NC2CCCCC2CO)n1. The number of aliphatic hydroxyl groups is 1. The van der Waals surface area contributed by atoms with E-state index in [1.165, 1.54) is 6.42 Å². The van der Waals surface area contributed by atoms with Crippen molar-refractivity contribution in [2.75, 3.05) is 26.1 Å². The molecule has 1 aromatic rings. The maximum Gasteiger partial charge on any atom is 0.229 e. The monoisotopic (exact) mass is 267 g/mol. The molecule has 6 heteroatoms. The zero-order valence-corrected chi connectivity index (χ0v) is 11.4. The van der Waals surface area contributed by atoms with E-state index in [4.69, 9.17) is 9.47 Å². The Bertz CT molecular complexity index is 392. The average molecular weight is 267 g/mol. The lowest BCUT2D eigenvalue weighted by Gasteiger charge is -2.30. The van der Waals surface area contributed by atoms with Gasteiger partial charge < -0.3 is 19.9 Å². The van der Waals surface area contributed by atoms with Gasteiger partial charge >= 0.3 is 0 Å². The molecule has 0 aliphatic heterocycles. The van der Waals surface area contributed by atoms with Gasteiger partial charge in [-0.1, -0.05) is 12.8 Å². The third-order valence-corrected chi connectivity index (χ3v) is 3.56. The van der Waals surface area contributed by atoms with Crippen molar-refractivity contribution < 1.29 is 14.6 Å². The molecule has 1 fully saturated rings. The molecule has 19 heavy (non-hydrogen) atoms. The quantitative estimate of drug-likeness (QED) is 0.841. The molecule has 0 saturated heterocycles. The molecule has 1 heterocycles. The molecule has 0 bridgehead atoms. The summed E-state index contributed by atoms with van der Waals surface area (Å²) in [6.07, 6.45) is 4.39. The van der Waals surface area contributed by atoms with Crippen molar-refractivity contribution in [1.29, 1.82) is 0 Å². The molecule has 1 aromatic heterocycles. The van der Waals surface area contributed by atoms with Crippen LogP contribution in [0.1, 0.15) is 25.7 Å². The lowest BCUT2D eigenvalue weighted by molar-refractivity contribution is 0.177. The van der Waals surface area contributed by atoms with Gasteiger partial charge in [0.25, 0.3) is 0 Å². The van der Waals surface area contributed by atoms with Crippen molar-refractivity contribution in [3.63, 3.8) is 0 Å². The summed E-state index contributed by atoms with van der Waals surface area (Å²) in [5.41, 5.74) is 0. The maximum absolute atomic E-state index is 9.41. The largest absolute Gasteiger partial charge is 0.481 e. The van der Waals surface area contributed by atoms with Crippen LogP contribution in [0.4, 0.5) is 5.95 Å². The number of nitrogens with zero attached hydrogens (tertiary/aromatic N) is 2. The summed E-state index contributed by atoms with van der Waals surface area (Å²) < 4.78 is 10.2. The van der Waals surface area contributed by atoms with Gasteiger partial charge in [0.2, 0.25) is 17.7 Å². The second-order valence-electron chi connectivity index (χ2n) is 4.75. The molecular weight excluding hydrogens is 246 g/mol. The summed E-state index contributed by atoms with van der Waals surface area (Å²) >= 11 is 0. The van der Waals surface area contributed by atoms with Crippen LogP contribution in [0.25, 0.3) is 0 Å². The zero-order valence-electron chi connectivity index (χ0n) is 11.4. The van der Waals surface area contributed by atoms with Crippen LogP contribution in [-0.2, 0) is 0 Å². The van der Waals surface area contributed by atoms with Crippen LogP contribution in [0.3, 0.4) is 0 Å². The van der Waals surface area contributed by atoms with Crippen LogP contribution in [-0.4, -0.2) is 41.9 Å². The van der Waals surface area contributed by atoms with Crippen LogP contribution in [0.2, 0.25) is 0 Å². The van der Waals surface area contributed by atoms with E-state index in [0.29, 0.717) is 17.7 Å². The van der Waals surface area contributed by atoms with E-state index in [2.05, 4.69) is 15.3 Å². The van der Waals surface area contributed by atoms with Crippen LogP contribution in [0, 0.1) is 5.92 Å². The Morgan fingerprint density at radius 3 is 2.42 bits per heavy atom. The first kappa shape index (κ1) is 13.9. The highest BCUT2D eigenvalue weighted by molar-refractivity contribution is 5.34. The summed E-state index contributed by atoms with van der Waals surface area (Å²) in [5.74, 6) is 1.67. The first-order chi connectivity index (χ1) is 9.26. The average Bonchev–Trinajstić information content (AvgIpc) is 2.47. The first-order valence-electron chi connectivity index (χ1n) is 6.61. The zero-order chi connectivity index (χ0) is 13.7. The van der Waals surface area contributed by atoms with Crippen LogP contribution >= 0.6 is 0 Å². The molecule has 1 saturated carbocycles. The summed E-state index contributed by atoms with van der Waals surface area (Å²) in [7, 11) is 3.12. The Hall–Kier alpha value is -1.56. The lowest BCUT2D eigenvalue weighted by atomic mass is 9.85. The normalized spacial score (nSPS) is 22.9. The Kier molecular flexibility index (Phi) is 4.79. The number of hydrogen-bond acceptors (Lipinski definition) is 6. The summed E-state index contributed by atoms with van der Waals surface area (Å²) in [6, 6.07) is 1.84. The number of aromatic nitrogens is 2. The fourth-order valence-electron chi connectivity index (χ4n) is 2.46. The Labute approximate surface area is 113 Å². The molecule has 0 spiro atoms. The fraction of sp³-hybridized carbons (Fsp3) is 0.692. The maximum atomic E-state index is 9.41. The summed E-state index contributed by atoms with van der Waals surface area (Å²) in [6.45, 7) is 0.193. The minimum atomic E-state index is 0.193. The summed E-state index contributed by atoms with van der Waals surface area (Å²) in [5, 5.41) is 12.7. The number of nitrogens with one attached hydrogen (secondary N) is 1. The van der Waals surface area contributed by atoms with E-state index in [1.807, 2.05) is 0 Å². The van der Waals surface area contributed by atoms with Gasteiger partial charge in [-0.3, -0.25) is 0 Å². The number of methoxy groups -OCH3 is 2. The van der Waals surface area contributed by atoms with Crippen LogP contribution < -0.4 is 14.8 Å². The molecule has 0 amide bonds. The van der Waals surface area contributed by atoms with E-state index >= 15 is 0 Å². The molecule has 2 unspecified atom stereocenters. The van der Waals surface area contributed by atoms with Crippen molar-refractivity contribution in [1.82, 2.24) is 9.97 Å². The van der Waals surface area contributed by atoms with Crippen molar-refractivity contribution in [3.8, 4) is 11.8 Å². The van der Waals surface area contributed by atoms with E-state index in [9.17, 15) is 5.11 Å². The highest BCUT2D eigenvalue weighted by Crippen LogP contribution is 2.27. The van der Waals surface area contributed by atoms with Gasteiger partial charge in [-0.05, 0) is 12.8 Å². The smallest absolute Gasteiger partial charge is 0.229 e. The van der Waals surface area contributed by atoms with Gasteiger partial charge in [0.05, 0.1) is 20.3 Å². The molecule has 1 aliphatic rings. The predicted octanol–water partition coefficient (Wildman–Crippen LogP) is 1.46. The number of rotatable bonds is 5. The number of ether oxygens (including phenoxy) is 2. The topological polar surface area (TPSA) is 76.5 Å². The first-order valence-corrected chi connectivity index (χ1v) is 6.61. The Morgan fingerprint density at radius 1 is 1.21 bits per heavy atom. The van der Waals surface area contributed by atoms with Crippen molar-refractivity contribution in [2.45, 2.75) is 31.7 Å². The third kappa shape index (κ3) is 3.47. The molecule has 0 aromatic carbocycles. The minimum absolute atomic E-state index is 0.193. The molecule has 106 valence electrons. The van der Waals surface area contributed by atoms with E-state index < -0.39 is 0 Å². The van der Waals surface area contributed by atoms with Gasteiger partial charge in [0, 0.05) is 18.6 Å². The van der Waals surface area contributed by atoms with Gasteiger partial charge in [0.1, 0.15) is 0 Å². The molecule has 1 aliphatic carbocycles. The lowest BCUT2D eigenvalue weighted by Crippen LogP contribution is -2.35. The van der Waals surface area contributed by atoms with Crippen molar-refractivity contribution >= 4 is 5.95 Å². The van der Waals surface area contributed by atoms with Gasteiger partial charge in [-0.25, -0.2) is 0 Å². The summed E-state index contributed by atoms with van der Waals surface area (Å²) in [4.78, 5) is 8.51.